The fraction of sp³-hybridized carbons (Fsp3) is 0.279. The number of aliphatic hydroxyl groups is 1. The van der Waals surface area contributed by atoms with Crippen molar-refractivity contribution in [3.63, 3.8) is 0 Å². The second-order valence-electron chi connectivity index (χ2n) is 12.5. The molecule has 8 heteroatoms. The molecule has 1 aliphatic heterocycles. The molecule has 0 aliphatic carbocycles. The molecule has 1 saturated heterocycles. The van der Waals surface area contributed by atoms with E-state index in [4.69, 9.17) is 23.7 Å². The Labute approximate surface area is 300 Å². The molecule has 0 saturated carbocycles. The van der Waals surface area contributed by atoms with Crippen molar-refractivity contribution in [2.45, 2.75) is 63.4 Å². The highest BCUT2D eigenvalue weighted by molar-refractivity contribution is 5.69. The number of benzene rings is 5. The summed E-state index contributed by atoms with van der Waals surface area (Å²) in [5.74, 6) is 0. The zero-order valence-corrected chi connectivity index (χ0v) is 28.6. The van der Waals surface area contributed by atoms with E-state index in [1.807, 2.05) is 152 Å². The van der Waals surface area contributed by atoms with Gasteiger partial charge < -0.3 is 28.8 Å². The van der Waals surface area contributed by atoms with Crippen molar-refractivity contribution in [2.75, 3.05) is 13.2 Å². The SMILES string of the molecule is O=C(OCc1ccccc1)N1[C@H](CO)[C@H](OCc2ccccc2)[C@@H](OCc2ccccc2)[C@H](OCc2ccccc2)[C@H]1COCc1ccccc1. The van der Waals surface area contributed by atoms with Gasteiger partial charge in [0.15, 0.2) is 0 Å². The van der Waals surface area contributed by atoms with Crippen molar-refractivity contribution in [2.24, 2.45) is 0 Å². The predicted molar refractivity (Wildman–Crippen MR) is 194 cm³/mol. The van der Waals surface area contributed by atoms with E-state index in [0.29, 0.717) is 6.61 Å². The summed E-state index contributed by atoms with van der Waals surface area (Å²) in [6, 6.07) is 47.4. The summed E-state index contributed by atoms with van der Waals surface area (Å²) in [7, 11) is 0. The second kappa shape index (κ2) is 19.0. The van der Waals surface area contributed by atoms with Crippen LogP contribution in [0.1, 0.15) is 27.8 Å². The second-order valence-corrected chi connectivity index (χ2v) is 12.5. The first kappa shape index (κ1) is 36.0. The Kier molecular flexibility index (Phi) is 13.4. The highest BCUT2D eigenvalue weighted by Gasteiger charge is 2.53. The molecule has 0 aromatic heterocycles. The molecule has 1 fully saturated rings. The monoisotopic (exact) mass is 687 g/mol. The topological polar surface area (TPSA) is 86.7 Å². The van der Waals surface area contributed by atoms with Crippen LogP contribution >= 0.6 is 0 Å². The van der Waals surface area contributed by atoms with Gasteiger partial charge in [-0.3, -0.25) is 4.90 Å². The highest BCUT2D eigenvalue weighted by atomic mass is 16.6. The lowest BCUT2D eigenvalue weighted by atomic mass is 9.87. The van der Waals surface area contributed by atoms with Crippen LogP contribution in [0, 0.1) is 0 Å². The molecule has 1 aliphatic rings. The summed E-state index contributed by atoms with van der Waals surface area (Å²) in [6.45, 7) is 0.853. The molecule has 51 heavy (non-hydrogen) atoms. The first-order valence-electron chi connectivity index (χ1n) is 17.4. The van der Waals surface area contributed by atoms with Crippen LogP contribution in [0.3, 0.4) is 0 Å². The number of likely N-dealkylation sites (tertiary alicyclic amines) is 1. The molecule has 0 unspecified atom stereocenters. The molecular formula is C43H45NO7. The molecular weight excluding hydrogens is 642 g/mol. The van der Waals surface area contributed by atoms with Gasteiger partial charge in [-0.2, -0.15) is 0 Å². The number of amides is 1. The molecule has 0 radical (unpaired) electrons. The van der Waals surface area contributed by atoms with Gasteiger partial charge in [0.1, 0.15) is 24.9 Å². The van der Waals surface area contributed by atoms with E-state index in [-0.39, 0.29) is 33.0 Å². The van der Waals surface area contributed by atoms with Crippen LogP contribution in [-0.4, -0.2) is 59.7 Å². The van der Waals surface area contributed by atoms with E-state index in [9.17, 15) is 9.90 Å². The zero-order valence-electron chi connectivity index (χ0n) is 28.6. The molecule has 5 aromatic carbocycles. The number of ether oxygens (including phenoxy) is 5. The average Bonchev–Trinajstić information content (AvgIpc) is 3.19. The Balaban J connectivity index is 1.36. The van der Waals surface area contributed by atoms with Gasteiger partial charge in [-0.15, -0.1) is 0 Å². The maximum absolute atomic E-state index is 14.3. The third kappa shape index (κ3) is 10.1. The van der Waals surface area contributed by atoms with Gasteiger partial charge >= 0.3 is 6.09 Å². The number of carbonyl (C=O) groups excluding carboxylic acids is 1. The van der Waals surface area contributed by atoms with Crippen LogP contribution in [-0.2, 0) is 56.7 Å². The van der Waals surface area contributed by atoms with E-state index in [0.717, 1.165) is 27.8 Å². The van der Waals surface area contributed by atoms with Crippen LogP contribution in [0.5, 0.6) is 0 Å². The van der Waals surface area contributed by atoms with Crippen molar-refractivity contribution >= 4 is 6.09 Å². The lowest BCUT2D eigenvalue weighted by molar-refractivity contribution is -0.226. The van der Waals surface area contributed by atoms with Gasteiger partial charge in [0, 0.05) is 0 Å². The highest BCUT2D eigenvalue weighted by Crippen LogP contribution is 2.34. The van der Waals surface area contributed by atoms with Gasteiger partial charge in [-0.05, 0) is 27.8 Å². The third-order valence-corrected chi connectivity index (χ3v) is 8.98. The Morgan fingerprint density at radius 2 is 0.824 bits per heavy atom. The number of hydrogen-bond acceptors (Lipinski definition) is 7. The summed E-state index contributed by atoms with van der Waals surface area (Å²) in [5.41, 5.74) is 4.73. The fourth-order valence-electron chi connectivity index (χ4n) is 6.39. The lowest BCUT2D eigenvalue weighted by Gasteiger charge is -2.51. The first-order valence-corrected chi connectivity index (χ1v) is 17.4. The minimum atomic E-state index is -0.834. The van der Waals surface area contributed by atoms with Crippen LogP contribution < -0.4 is 0 Å². The Morgan fingerprint density at radius 1 is 0.471 bits per heavy atom. The smallest absolute Gasteiger partial charge is 0.410 e. The number of nitrogens with zero attached hydrogens (tertiary/aromatic N) is 1. The average molecular weight is 688 g/mol. The Morgan fingerprint density at radius 3 is 1.24 bits per heavy atom. The van der Waals surface area contributed by atoms with Crippen LogP contribution in [0.15, 0.2) is 152 Å². The first-order chi connectivity index (χ1) is 25.2. The molecule has 6 rings (SSSR count). The van der Waals surface area contributed by atoms with Crippen molar-refractivity contribution in [3.05, 3.63) is 179 Å². The number of hydrogen-bond donors (Lipinski definition) is 1. The van der Waals surface area contributed by atoms with Gasteiger partial charge in [0.2, 0.25) is 0 Å². The molecule has 264 valence electrons. The van der Waals surface area contributed by atoms with Crippen LogP contribution in [0.2, 0.25) is 0 Å². The zero-order chi connectivity index (χ0) is 35.1. The van der Waals surface area contributed by atoms with Crippen molar-refractivity contribution in [1.29, 1.82) is 0 Å². The Bertz CT molecular complexity index is 1710. The summed E-state index contributed by atoms with van der Waals surface area (Å²) < 4.78 is 32.5. The lowest BCUT2D eigenvalue weighted by Crippen LogP contribution is -2.71. The molecule has 5 aromatic rings. The number of carbonyl (C=O) groups is 1. The molecule has 5 atom stereocenters. The predicted octanol–water partition coefficient (Wildman–Crippen LogP) is 7.34. The molecule has 1 heterocycles. The molecule has 8 nitrogen and oxygen atoms in total. The van der Waals surface area contributed by atoms with E-state index in [1.165, 1.54) is 0 Å². The van der Waals surface area contributed by atoms with E-state index in [1.54, 1.807) is 4.90 Å². The molecule has 0 bridgehead atoms. The Hall–Kier alpha value is -4.83. The maximum atomic E-state index is 14.3. The summed E-state index contributed by atoms with van der Waals surface area (Å²) >= 11 is 0. The summed E-state index contributed by atoms with van der Waals surface area (Å²) in [6.07, 6.45) is -2.81. The van der Waals surface area contributed by atoms with Gasteiger partial charge in [-0.25, -0.2) is 4.79 Å². The van der Waals surface area contributed by atoms with Crippen LogP contribution in [0.4, 0.5) is 4.79 Å². The van der Waals surface area contributed by atoms with E-state index >= 15 is 0 Å². The minimum absolute atomic E-state index is 0.0604. The molecule has 1 amide bonds. The molecule has 1 N–H and O–H groups in total. The van der Waals surface area contributed by atoms with Crippen LogP contribution in [0.25, 0.3) is 0 Å². The van der Waals surface area contributed by atoms with Crippen molar-refractivity contribution in [1.82, 2.24) is 4.90 Å². The van der Waals surface area contributed by atoms with Gasteiger partial charge in [-0.1, -0.05) is 152 Å². The normalized spacial score (nSPS) is 20.2. The van der Waals surface area contributed by atoms with Crippen molar-refractivity contribution in [3.8, 4) is 0 Å². The quantitative estimate of drug-likeness (QED) is 0.116. The maximum Gasteiger partial charge on any atom is 0.410 e. The third-order valence-electron chi connectivity index (χ3n) is 8.98. The number of piperidine rings is 1. The number of rotatable bonds is 16. The minimum Gasteiger partial charge on any atom is -0.445 e. The fourth-order valence-corrected chi connectivity index (χ4v) is 6.39. The molecule has 0 spiro atoms. The van der Waals surface area contributed by atoms with Gasteiger partial charge in [0.25, 0.3) is 0 Å². The number of aliphatic hydroxyl groups excluding tert-OH is 1. The van der Waals surface area contributed by atoms with E-state index < -0.39 is 43.1 Å². The van der Waals surface area contributed by atoms with Crippen molar-refractivity contribution < 1.29 is 33.6 Å². The van der Waals surface area contributed by atoms with E-state index in [2.05, 4.69) is 0 Å². The summed E-state index contributed by atoms with van der Waals surface area (Å²) in [5, 5.41) is 11.1. The standard InChI is InChI=1S/C43H45NO7/c45-26-38-40(48-28-34-18-8-2-9-19-34)42(50-30-36-22-12-4-13-23-36)41(49-29-35-20-10-3-11-21-35)39(32-47-27-33-16-6-1-7-17-33)44(38)43(46)51-31-37-24-14-5-15-25-37/h1-25,38-42,45H,26-32H2/t38-,39-,40+,41-,42-/m1/s1. The van der Waals surface area contributed by atoms with Gasteiger partial charge in [0.05, 0.1) is 51.7 Å². The summed E-state index contributed by atoms with van der Waals surface area (Å²) in [4.78, 5) is 15.9. The largest absolute Gasteiger partial charge is 0.445 e.